The molecule has 2 rings (SSSR count). The van der Waals surface area contributed by atoms with Crippen LogP contribution in [0.3, 0.4) is 0 Å². The lowest BCUT2D eigenvalue weighted by atomic mass is 10.1. The van der Waals surface area contributed by atoms with Crippen molar-refractivity contribution in [2.24, 2.45) is 0 Å². The molecule has 1 heterocycles. The number of amides is 1. The van der Waals surface area contributed by atoms with E-state index in [-0.39, 0.29) is 11.4 Å². The van der Waals surface area contributed by atoms with Gasteiger partial charge >= 0.3 is 5.97 Å². The Bertz CT molecular complexity index is 651. The Morgan fingerprint density at radius 3 is 2.86 bits per heavy atom. The molecule has 0 aliphatic rings. The van der Waals surface area contributed by atoms with Crippen molar-refractivity contribution >= 4 is 11.9 Å². The summed E-state index contributed by atoms with van der Waals surface area (Å²) in [7, 11) is 1.58. The number of methoxy groups -OCH3 is 1. The molecule has 0 fully saturated rings. The van der Waals surface area contributed by atoms with Crippen LogP contribution in [0.1, 0.15) is 26.5 Å². The van der Waals surface area contributed by atoms with Crippen LogP contribution in [-0.2, 0) is 6.42 Å². The maximum Gasteiger partial charge on any atom is 0.354 e. The number of carbonyl (C=O) groups excluding carboxylic acids is 1. The average Bonchev–Trinajstić information content (AvgIpc) is 2.97. The van der Waals surface area contributed by atoms with Crippen molar-refractivity contribution in [3.05, 3.63) is 47.5 Å². The lowest BCUT2D eigenvalue weighted by Crippen LogP contribution is -2.27. The van der Waals surface area contributed by atoms with Crippen molar-refractivity contribution in [1.82, 2.24) is 15.3 Å². The van der Waals surface area contributed by atoms with Gasteiger partial charge in [0, 0.05) is 6.54 Å². The number of carboxylic acid groups (broad SMARTS) is 1. The third-order valence-corrected chi connectivity index (χ3v) is 2.94. The van der Waals surface area contributed by atoms with E-state index in [0.717, 1.165) is 11.3 Å². The number of nitrogens with one attached hydrogen (secondary N) is 2. The van der Waals surface area contributed by atoms with E-state index in [1.54, 1.807) is 7.11 Å². The number of hydrogen-bond acceptors (Lipinski definition) is 4. The molecule has 0 saturated heterocycles. The number of hydrogen-bond donors (Lipinski definition) is 3. The Morgan fingerprint density at radius 2 is 2.14 bits per heavy atom. The van der Waals surface area contributed by atoms with Crippen molar-refractivity contribution in [3.63, 3.8) is 0 Å². The number of H-pyrrole nitrogens is 1. The zero-order valence-electron chi connectivity index (χ0n) is 11.4. The van der Waals surface area contributed by atoms with Crippen molar-refractivity contribution < 1.29 is 19.4 Å². The number of aromatic nitrogens is 2. The Kier molecular flexibility index (Phi) is 4.55. The lowest BCUT2D eigenvalue weighted by molar-refractivity contribution is 0.0685. The number of para-hydroxylation sites is 1. The van der Waals surface area contributed by atoms with Gasteiger partial charge in [0.2, 0.25) is 0 Å². The molecule has 1 aromatic heterocycles. The second-order valence-electron chi connectivity index (χ2n) is 4.25. The smallest absolute Gasteiger partial charge is 0.354 e. The van der Waals surface area contributed by atoms with Gasteiger partial charge in [-0.15, -0.1) is 0 Å². The summed E-state index contributed by atoms with van der Waals surface area (Å²) in [6, 6.07) is 7.50. The van der Waals surface area contributed by atoms with Crippen LogP contribution in [0, 0.1) is 0 Å². The van der Waals surface area contributed by atoms with Crippen LogP contribution in [-0.4, -0.2) is 40.6 Å². The van der Waals surface area contributed by atoms with E-state index in [4.69, 9.17) is 9.84 Å². The molecule has 2 aromatic rings. The van der Waals surface area contributed by atoms with Gasteiger partial charge in [0.15, 0.2) is 11.4 Å². The topological polar surface area (TPSA) is 104 Å². The maximum absolute atomic E-state index is 11.9. The van der Waals surface area contributed by atoms with E-state index < -0.39 is 11.9 Å². The van der Waals surface area contributed by atoms with Crippen LogP contribution < -0.4 is 10.1 Å². The molecule has 3 N–H and O–H groups in total. The minimum absolute atomic E-state index is 0.123. The summed E-state index contributed by atoms with van der Waals surface area (Å²) in [5.41, 5.74) is 0.619. The van der Waals surface area contributed by atoms with Gasteiger partial charge in [0.1, 0.15) is 5.75 Å². The first-order chi connectivity index (χ1) is 10.1. The first-order valence-corrected chi connectivity index (χ1v) is 6.30. The Labute approximate surface area is 121 Å². The fourth-order valence-corrected chi connectivity index (χ4v) is 1.93. The van der Waals surface area contributed by atoms with Crippen LogP contribution in [0.15, 0.2) is 30.6 Å². The molecule has 0 bridgehead atoms. The highest BCUT2D eigenvalue weighted by atomic mass is 16.5. The fraction of sp³-hybridized carbons (Fsp3) is 0.214. The summed E-state index contributed by atoms with van der Waals surface area (Å²) in [6.07, 6.45) is 1.75. The highest BCUT2D eigenvalue weighted by Crippen LogP contribution is 2.17. The summed E-state index contributed by atoms with van der Waals surface area (Å²) >= 11 is 0. The first kappa shape index (κ1) is 14.6. The number of carboxylic acids is 1. The van der Waals surface area contributed by atoms with Crippen LogP contribution in [0.5, 0.6) is 5.75 Å². The zero-order valence-corrected chi connectivity index (χ0v) is 11.4. The molecule has 21 heavy (non-hydrogen) atoms. The first-order valence-electron chi connectivity index (χ1n) is 6.30. The summed E-state index contributed by atoms with van der Waals surface area (Å²) < 4.78 is 5.22. The lowest BCUT2D eigenvalue weighted by Gasteiger charge is -2.08. The van der Waals surface area contributed by atoms with E-state index in [0.29, 0.717) is 13.0 Å². The third kappa shape index (κ3) is 3.38. The fourth-order valence-electron chi connectivity index (χ4n) is 1.93. The summed E-state index contributed by atoms with van der Waals surface area (Å²) in [5, 5.41) is 11.5. The van der Waals surface area contributed by atoms with Gasteiger partial charge in [-0.2, -0.15) is 0 Å². The largest absolute Gasteiger partial charge is 0.496 e. The Hall–Kier alpha value is -2.83. The predicted molar refractivity (Wildman–Crippen MR) is 74.6 cm³/mol. The van der Waals surface area contributed by atoms with Crippen LogP contribution in [0.2, 0.25) is 0 Å². The standard InChI is InChI=1S/C14H15N3O4/c1-21-10-5-3-2-4-9(10)6-7-15-13(18)11-12(14(19)20)17-8-16-11/h2-5,8H,6-7H2,1H3,(H,15,18)(H,16,17)(H,19,20). The SMILES string of the molecule is COc1ccccc1CCNC(=O)c1nc[nH]c1C(=O)O. The minimum Gasteiger partial charge on any atom is -0.496 e. The maximum atomic E-state index is 11.9. The normalized spacial score (nSPS) is 10.1. The van der Waals surface area contributed by atoms with E-state index in [1.165, 1.54) is 6.33 Å². The predicted octanol–water partition coefficient (Wildman–Crippen LogP) is 1.09. The average molecular weight is 289 g/mol. The number of aromatic amines is 1. The Morgan fingerprint density at radius 1 is 1.38 bits per heavy atom. The quantitative estimate of drug-likeness (QED) is 0.738. The van der Waals surface area contributed by atoms with Crippen LogP contribution in [0.4, 0.5) is 0 Å². The summed E-state index contributed by atoms with van der Waals surface area (Å²) in [5.74, 6) is -0.997. The molecule has 0 aliphatic carbocycles. The van der Waals surface area contributed by atoms with Crippen molar-refractivity contribution in [2.75, 3.05) is 13.7 Å². The molecular formula is C14H15N3O4. The van der Waals surface area contributed by atoms with Crippen molar-refractivity contribution in [1.29, 1.82) is 0 Å². The van der Waals surface area contributed by atoms with Crippen molar-refractivity contribution in [2.45, 2.75) is 6.42 Å². The molecule has 0 spiro atoms. The Balaban J connectivity index is 1.96. The minimum atomic E-state index is -1.22. The molecule has 7 heteroatoms. The molecule has 0 saturated carbocycles. The van der Waals surface area contributed by atoms with E-state index >= 15 is 0 Å². The number of carbonyl (C=O) groups is 2. The monoisotopic (exact) mass is 289 g/mol. The molecule has 0 aliphatic heterocycles. The van der Waals surface area contributed by atoms with Gasteiger partial charge in [-0.3, -0.25) is 4.79 Å². The van der Waals surface area contributed by atoms with Crippen LogP contribution in [0.25, 0.3) is 0 Å². The van der Waals surface area contributed by atoms with Gasteiger partial charge in [0.25, 0.3) is 5.91 Å². The van der Waals surface area contributed by atoms with E-state index in [2.05, 4.69) is 15.3 Å². The number of nitrogens with zero attached hydrogens (tertiary/aromatic N) is 1. The third-order valence-electron chi connectivity index (χ3n) is 2.94. The zero-order chi connectivity index (χ0) is 15.2. The number of aromatic carboxylic acids is 1. The van der Waals surface area contributed by atoms with Gasteiger partial charge in [-0.1, -0.05) is 18.2 Å². The molecule has 0 unspecified atom stereocenters. The molecule has 7 nitrogen and oxygen atoms in total. The molecule has 110 valence electrons. The molecule has 1 aromatic carbocycles. The van der Waals surface area contributed by atoms with Crippen LogP contribution >= 0.6 is 0 Å². The van der Waals surface area contributed by atoms with Gasteiger partial charge in [-0.25, -0.2) is 9.78 Å². The van der Waals surface area contributed by atoms with Crippen molar-refractivity contribution in [3.8, 4) is 5.75 Å². The highest BCUT2D eigenvalue weighted by Gasteiger charge is 2.19. The van der Waals surface area contributed by atoms with Gasteiger partial charge in [-0.05, 0) is 18.1 Å². The number of rotatable bonds is 6. The van der Waals surface area contributed by atoms with Gasteiger partial charge in [0.05, 0.1) is 13.4 Å². The molecular weight excluding hydrogens is 274 g/mol. The number of imidazole rings is 1. The highest BCUT2D eigenvalue weighted by molar-refractivity contribution is 6.02. The summed E-state index contributed by atoms with van der Waals surface area (Å²) in [4.78, 5) is 28.9. The second-order valence-corrected chi connectivity index (χ2v) is 4.25. The van der Waals surface area contributed by atoms with E-state index in [1.807, 2.05) is 24.3 Å². The molecule has 0 radical (unpaired) electrons. The number of benzene rings is 1. The van der Waals surface area contributed by atoms with Gasteiger partial charge < -0.3 is 20.1 Å². The number of ether oxygens (including phenoxy) is 1. The second kappa shape index (κ2) is 6.56. The summed E-state index contributed by atoms with van der Waals surface area (Å²) in [6.45, 7) is 0.352. The molecule has 1 amide bonds. The van der Waals surface area contributed by atoms with E-state index in [9.17, 15) is 9.59 Å². The molecule has 0 atom stereocenters.